The summed E-state index contributed by atoms with van der Waals surface area (Å²) in [5, 5.41) is 16.3. The van der Waals surface area contributed by atoms with Crippen LogP contribution in [0.4, 0.5) is 5.69 Å². The molecule has 1 atom stereocenters. The molecule has 0 amide bonds. The van der Waals surface area contributed by atoms with E-state index in [1.54, 1.807) is 6.20 Å². The Morgan fingerprint density at radius 1 is 1.35 bits per heavy atom. The fraction of sp³-hybridized carbons (Fsp3) is 0.522. The summed E-state index contributed by atoms with van der Waals surface area (Å²) >= 11 is 0. The zero-order valence-corrected chi connectivity index (χ0v) is 21.1. The van der Waals surface area contributed by atoms with Crippen LogP contribution in [0.25, 0.3) is 0 Å². The van der Waals surface area contributed by atoms with E-state index >= 15 is 0 Å². The van der Waals surface area contributed by atoms with Crippen LogP contribution < -0.4 is 15.5 Å². The van der Waals surface area contributed by atoms with E-state index in [1.807, 2.05) is 24.3 Å². The molecule has 2 heterocycles. The third-order valence-corrected chi connectivity index (χ3v) is 5.14. The third-order valence-electron chi connectivity index (χ3n) is 5.14. The molecule has 168 valence electrons. The number of halogens is 1. The second-order valence-corrected chi connectivity index (χ2v) is 8.62. The van der Waals surface area contributed by atoms with E-state index in [0.29, 0.717) is 12.4 Å². The minimum Gasteiger partial charge on any atom is -0.443 e. The SMILES string of the molecule is CCNC(=NCc1ncc(C(C)(C)C)o1)NC1CCCN(c2ccccc2C#N)C1.I. The van der Waals surface area contributed by atoms with Gasteiger partial charge in [0, 0.05) is 31.1 Å². The second kappa shape index (κ2) is 11.4. The number of nitrogens with one attached hydrogen (secondary N) is 2. The average molecular weight is 536 g/mol. The van der Waals surface area contributed by atoms with Gasteiger partial charge in [-0.2, -0.15) is 5.26 Å². The minimum atomic E-state index is -0.0665. The molecule has 31 heavy (non-hydrogen) atoms. The number of benzene rings is 1. The highest BCUT2D eigenvalue weighted by Gasteiger charge is 2.23. The van der Waals surface area contributed by atoms with Gasteiger partial charge in [0.2, 0.25) is 5.89 Å². The molecule has 0 aliphatic carbocycles. The Morgan fingerprint density at radius 3 is 2.81 bits per heavy atom. The first-order valence-corrected chi connectivity index (χ1v) is 10.6. The van der Waals surface area contributed by atoms with Crippen LogP contribution in [0.3, 0.4) is 0 Å². The van der Waals surface area contributed by atoms with Crippen LogP contribution in [0.1, 0.15) is 57.8 Å². The van der Waals surface area contributed by atoms with E-state index in [0.717, 1.165) is 55.4 Å². The number of hydrogen-bond donors (Lipinski definition) is 2. The Labute approximate surface area is 202 Å². The van der Waals surface area contributed by atoms with Crippen molar-refractivity contribution in [1.82, 2.24) is 15.6 Å². The first kappa shape index (κ1) is 25.0. The molecule has 1 aliphatic rings. The van der Waals surface area contributed by atoms with Crippen molar-refractivity contribution < 1.29 is 4.42 Å². The molecule has 8 heteroatoms. The molecular formula is C23H33IN6O. The van der Waals surface area contributed by atoms with Crippen molar-refractivity contribution in [2.45, 2.75) is 58.5 Å². The highest BCUT2D eigenvalue weighted by Crippen LogP contribution is 2.24. The van der Waals surface area contributed by atoms with Gasteiger partial charge >= 0.3 is 0 Å². The smallest absolute Gasteiger partial charge is 0.216 e. The molecule has 3 rings (SSSR count). The van der Waals surface area contributed by atoms with E-state index in [9.17, 15) is 5.26 Å². The second-order valence-electron chi connectivity index (χ2n) is 8.62. The van der Waals surface area contributed by atoms with Gasteiger partial charge < -0.3 is 20.0 Å². The Morgan fingerprint density at radius 2 is 2.13 bits per heavy atom. The van der Waals surface area contributed by atoms with Gasteiger partial charge in [-0.1, -0.05) is 32.9 Å². The maximum atomic E-state index is 9.42. The monoisotopic (exact) mass is 536 g/mol. The van der Waals surface area contributed by atoms with Crippen LogP contribution in [0.5, 0.6) is 0 Å². The van der Waals surface area contributed by atoms with Crippen LogP contribution in [0.15, 0.2) is 39.9 Å². The molecule has 0 spiro atoms. The maximum Gasteiger partial charge on any atom is 0.216 e. The topological polar surface area (TPSA) is 89.5 Å². The summed E-state index contributed by atoms with van der Waals surface area (Å²) in [5.41, 5.74) is 1.66. The molecule has 0 saturated carbocycles. The van der Waals surface area contributed by atoms with Crippen LogP contribution in [-0.4, -0.2) is 36.6 Å². The first-order valence-electron chi connectivity index (χ1n) is 10.6. The van der Waals surface area contributed by atoms with Crippen LogP contribution >= 0.6 is 24.0 Å². The number of aromatic nitrogens is 1. The number of hydrogen-bond acceptors (Lipinski definition) is 5. The third kappa shape index (κ3) is 6.86. The summed E-state index contributed by atoms with van der Waals surface area (Å²) in [5.74, 6) is 2.24. The normalized spacial score (nSPS) is 16.9. The van der Waals surface area contributed by atoms with Crippen molar-refractivity contribution in [3.63, 3.8) is 0 Å². The Kier molecular flexibility index (Phi) is 9.16. The van der Waals surface area contributed by atoms with E-state index < -0.39 is 0 Å². The lowest BCUT2D eigenvalue weighted by atomic mass is 9.94. The first-order chi connectivity index (χ1) is 14.4. The lowest BCUT2D eigenvalue weighted by Crippen LogP contribution is -2.51. The fourth-order valence-electron chi connectivity index (χ4n) is 3.55. The number of nitrogens with zero attached hydrogens (tertiary/aromatic N) is 4. The number of piperidine rings is 1. The van der Waals surface area contributed by atoms with E-state index in [4.69, 9.17) is 4.42 Å². The number of guanidine groups is 1. The molecule has 0 bridgehead atoms. The number of anilines is 1. The van der Waals surface area contributed by atoms with Crippen molar-refractivity contribution in [3.8, 4) is 6.07 Å². The Hall–Kier alpha value is -2.28. The van der Waals surface area contributed by atoms with Gasteiger partial charge in [0.1, 0.15) is 18.4 Å². The van der Waals surface area contributed by atoms with Crippen molar-refractivity contribution in [2.75, 3.05) is 24.5 Å². The molecule has 1 fully saturated rings. The van der Waals surface area contributed by atoms with Crippen molar-refractivity contribution in [3.05, 3.63) is 47.7 Å². The van der Waals surface area contributed by atoms with Gasteiger partial charge in [-0.25, -0.2) is 9.98 Å². The predicted molar refractivity (Wildman–Crippen MR) is 135 cm³/mol. The van der Waals surface area contributed by atoms with Gasteiger partial charge in [-0.3, -0.25) is 0 Å². The molecule has 0 radical (unpaired) electrons. The largest absolute Gasteiger partial charge is 0.443 e. The minimum absolute atomic E-state index is 0. The summed E-state index contributed by atoms with van der Waals surface area (Å²) in [4.78, 5) is 11.3. The Bertz CT molecular complexity index is 911. The van der Waals surface area contributed by atoms with E-state index in [1.165, 1.54) is 0 Å². The van der Waals surface area contributed by atoms with Gasteiger partial charge in [0.15, 0.2) is 5.96 Å². The van der Waals surface area contributed by atoms with Crippen LogP contribution in [0, 0.1) is 11.3 Å². The number of para-hydroxylation sites is 1. The van der Waals surface area contributed by atoms with E-state index in [2.05, 4.69) is 59.3 Å². The molecule has 1 aromatic carbocycles. The highest BCUT2D eigenvalue weighted by atomic mass is 127. The molecule has 1 unspecified atom stereocenters. The molecular weight excluding hydrogens is 503 g/mol. The van der Waals surface area contributed by atoms with Gasteiger partial charge in [-0.15, -0.1) is 24.0 Å². The quantitative estimate of drug-likeness (QED) is 0.339. The van der Waals surface area contributed by atoms with E-state index in [-0.39, 0.29) is 35.4 Å². The van der Waals surface area contributed by atoms with Crippen LogP contribution in [0.2, 0.25) is 0 Å². The summed E-state index contributed by atoms with van der Waals surface area (Å²) in [6.45, 7) is 11.3. The van der Waals surface area contributed by atoms with Gasteiger partial charge in [0.25, 0.3) is 0 Å². The molecule has 1 aliphatic heterocycles. The molecule has 7 nitrogen and oxygen atoms in total. The molecule has 2 N–H and O–H groups in total. The van der Waals surface area contributed by atoms with Crippen molar-refractivity contribution >= 4 is 35.6 Å². The lowest BCUT2D eigenvalue weighted by Gasteiger charge is -2.35. The van der Waals surface area contributed by atoms with Gasteiger partial charge in [0.05, 0.1) is 17.4 Å². The Balaban J connectivity index is 0.00000341. The zero-order chi connectivity index (χ0) is 21.6. The summed E-state index contributed by atoms with van der Waals surface area (Å²) in [7, 11) is 0. The summed E-state index contributed by atoms with van der Waals surface area (Å²) < 4.78 is 5.85. The number of oxazole rings is 1. The average Bonchev–Trinajstić information content (AvgIpc) is 3.22. The fourth-order valence-corrected chi connectivity index (χ4v) is 3.55. The molecule has 1 aromatic heterocycles. The molecule has 1 saturated heterocycles. The summed E-state index contributed by atoms with van der Waals surface area (Å²) in [6.07, 6.45) is 3.91. The number of nitriles is 1. The highest BCUT2D eigenvalue weighted by molar-refractivity contribution is 14.0. The van der Waals surface area contributed by atoms with Crippen LogP contribution in [-0.2, 0) is 12.0 Å². The molecule has 2 aromatic rings. The number of aliphatic imine (C=N–C) groups is 1. The van der Waals surface area contributed by atoms with Crippen molar-refractivity contribution in [1.29, 1.82) is 5.26 Å². The zero-order valence-electron chi connectivity index (χ0n) is 18.8. The number of rotatable bonds is 5. The van der Waals surface area contributed by atoms with Crippen molar-refractivity contribution in [2.24, 2.45) is 4.99 Å². The lowest BCUT2D eigenvalue weighted by molar-refractivity contribution is 0.383. The predicted octanol–water partition coefficient (Wildman–Crippen LogP) is 4.19. The summed E-state index contributed by atoms with van der Waals surface area (Å²) in [6, 6.07) is 10.3. The standard InChI is InChI=1S/C23H32N6O.HI/c1-5-25-22(27-15-21-26-14-20(30-21)23(2,3)4)28-18-10-8-12-29(16-18)19-11-7-6-9-17(19)13-24;/h6-7,9,11,14,18H,5,8,10,12,15-16H2,1-4H3,(H2,25,27,28);1H. The maximum absolute atomic E-state index is 9.42. The van der Waals surface area contributed by atoms with Gasteiger partial charge in [-0.05, 0) is 31.9 Å².